The van der Waals surface area contributed by atoms with E-state index in [1.807, 2.05) is 12.1 Å². The molecule has 1 aromatic carbocycles. The number of hydrogen-bond donors (Lipinski definition) is 1. The van der Waals surface area contributed by atoms with Crippen molar-refractivity contribution in [3.8, 4) is 5.75 Å². The first-order valence-corrected chi connectivity index (χ1v) is 11.8. The third kappa shape index (κ3) is 6.55. The number of pyridine rings is 1. The van der Waals surface area contributed by atoms with Crippen LogP contribution in [0.3, 0.4) is 0 Å². The van der Waals surface area contributed by atoms with Crippen molar-refractivity contribution in [2.24, 2.45) is 5.92 Å². The molecule has 3 atom stereocenters. The Morgan fingerprint density at radius 3 is 2.62 bits per heavy atom. The summed E-state index contributed by atoms with van der Waals surface area (Å²) in [6.45, 7) is 8.48. The van der Waals surface area contributed by atoms with E-state index in [-0.39, 0.29) is 29.9 Å². The fraction of sp³-hybridized carbons (Fsp3) is 0.500. The summed E-state index contributed by atoms with van der Waals surface area (Å²) in [4.78, 5) is 33.4. The van der Waals surface area contributed by atoms with Gasteiger partial charge in [-0.2, -0.15) is 0 Å². The van der Waals surface area contributed by atoms with Gasteiger partial charge in [0.25, 0.3) is 5.91 Å². The van der Waals surface area contributed by atoms with Crippen LogP contribution in [0.1, 0.15) is 43.1 Å². The predicted molar refractivity (Wildman–Crippen MR) is 132 cm³/mol. The quantitative estimate of drug-likeness (QED) is 0.724. The number of rotatable bonds is 5. The molecule has 1 N–H and O–H groups in total. The van der Waals surface area contributed by atoms with E-state index in [2.05, 4.69) is 29.0 Å². The molecular weight excluding hydrogens is 432 g/mol. The number of benzene rings is 1. The molecule has 2 aromatic rings. The lowest BCUT2D eigenvalue weighted by molar-refractivity contribution is -0.115. The van der Waals surface area contributed by atoms with Crippen molar-refractivity contribution in [2.75, 3.05) is 39.2 Å². The third-order valence-electron chi connectivity index (χ3n) is 6.31. The van der Waals surface area contributed by atoms with Gasteiger partial charge in [0.05, 0.1) is 11.7 Å². The number of anilines is 1. The number of fused-ring (bicyclic) bond motifs is 1. The number of ether oxygens (including phenoxy) is 2. The maximum atomic E-state index is 13.4. The Morgan fingerprint density at radius 1 is 1.21 bits per heavy atom. The van der Waals surface area contributed by atoms with Gasteiger partial charge in [-0.3, -0.25) is 19.5 Å². The van der Waals surface area contributed by atoms with Crippen molar-refractivity contribution < 1.29 is 19.1 Å². The summed E-state index contributed by atoms with van der Waals surface area (Å²) in [7, 11) is 3.46. The molecular formula is C26H36N4O4. The van der Waals surface area contributed by atoms with Gasteiger partial charge in [-0.1, -0.05) is 13.8 Å². The first-order chi connectivity index (χ1) is 16.3. The standard InChI is InChI=1S/C26H36N4O4/c1-6-25(31)28-21-7-8-23-22(13-21)26(32)29(4)16-24(33-5)18(2)14-30(19(3)17-34-23)15-20-9-11-27-12-10-20/h7-13,18-19,24H,6,14-17H2,1-5H3,(H,28,31)/t18-,19+,24+/m1/s1. The molecule has 0 radical (unpaired) electrons. The van der Waals surface area contributed by atoms with E-state index in [0.717, 1.165) is 13.1 Å². The van der Waals surface area contributed by atoms with Crippen molar-refractivity contribution in [3.63, 3.8) is 0 Å². The minimum Gasteiger partial charge on any atom is -0.491 e. The molecule has 0 saturated carbocycles. The van der Waals surface area contributed by atoms with Crippen molar-refractivity contribution in [1.29, 1.82) is 0 Å². The van der Waals surface area contributed by atoms with E-state index in [9.17, 15) is 9.59 Å². The number of nitrogens with zero attached hydrogens (tertiary/aromatic N) is 3. The predicted octanol–water partition coefficient (Wildman–Crippen LogP) is 3.44. The SMILES string of the molecule is CCC(=O)Nc1ccc2c(c1)C(=O)N(C)C[C@H](OC)[C@H](C)CN(Cc1ccncc1)[C@@H](C)CO2. The van der Waals surface area contributed by atoms with E-state index in [4.69, 9.17) is 9.47 Å². The lowest BCUT2D eigenvalue weighted by atomic mass is 10.0. The second-order valence-electron chi connectivity index (χ2n) is 8.99. The summed E-state index contributed by atoms with van der Waals surface area (Å²) in [5.74, 6) is 0.408. The van der Waals surface area contributed by atoms with Crippen LogP contribution in [-0.2, 0) is 16.1 Å². The fourth-order valence-electron chi connectivity index (χ4n) is 4.12. The van der Waals surface area contributed by atoms with Gasteiger partial charge in [0, 0.05) is 64.3 Å². The topological polar surface area (TPSA) is 84.0 Å². The largest absolute Gasteiger partial charge is 0.491 e. The van der Waals surface area contributed by atoms with Crippen LogP contribution in [0.2, 0.25) is 0 Å². The van der Waals surface area contributed by atoms with Crippen LogP contribution >= 0.6 is 0 Å². The van der Waals surface area contributed by atoms with E-state index in [1.165, 1.54) is 5.56 Å². The summed E-state index contributed by atoms with van der Waals surface area (Å²) in [6, 6.07) is 9.36. The van der Waals surface area contributed by atoms with Gasteiger partial charge in [-0.15, -0.1) is 0 Å². The van der Waals surface area contributed by atoms with E-state index >= 15 is 0 Å². The van der Waals surface area contributed by atoms with Crippen LogP contribution in [-0.4, -0.2) is 72.6 Å². The van der Waals surface area contributed by atoms with Crippen LogP contribution < -0.4 is 10.1 Å². The Balaban J connectivity index is 1.93. The first kappa shape index (κ1) is 25.6. The molecule has 1 aromatic heterocycles. The molecule has 0 fully saturated rings. The Kier molecular flexibility index (Phi) is 9.01. The molecule has 1 aliphatic heterocycles. The molecule has 2 heterocycles. The minimum atomic E-state index is -0.168. The van der Waals surface area contributed by atoms with Crippen LogP contribution in [0.4, 0.5) is 5.69 Å². The maximum absolute atomic E-state index is 13.4. The molecule has 8 nitrogen and oxygen atoms in total. The second-order valence-corrected chi connectivity index (χ2v) is 8.99. The average Bonchev–Trinajstić information content (AvgIpc) is 2.85. The highest BCUT2D eigenvalue weighted by atomic mass is 16.5. The van der Waals surface area contributed by atoms with Crippen LogP contribution in [0.15, 0.2) is 42.7 Å². The lowest BCUT2D eigenvalue weighted by Gasteiger charge is -2.36. The minimum absolute atomic E-state index is 0.0905. The molecule has 2 amide bonds. The van der Waals surface area contributed by atoms with Gasteiger partial charge in [-0.25, -0.2) is 0 Å². The average molecular weight is 469 g/mol. The maximum Gasteiger partial charge on any atom is 0.257 e. The number of carbonyl (C=O) groups excluding carboxylic acids is 2. The summed E-state index contributed by atoms with van der Waals surface area (Å²) < 4.78 is 12.0. The number of likely N-dealkylation sites (N-methyl/N-ethyl adjacent to an activating group) is 1. The van der Waals surface area contributed by atoms with Gasteiger partial charge in [0.1, 0.15) is 12.4 Å². The molecule has 8 heteroatoms. The smallest absolute Gasteiger partial charge is 0.257 e. The van der Waals surface area contributed by atoms with Gasteiger partial charge in [0.2, 0.25) is 5.91 Å². The number of nitrogens with one attached hydrogen (secondary N) is 1. The monoisotopic (exact) mass is 468 g/mol. The normalized spacial score (nSPS) is 22.2. The fourth-order valence-corrected chi connectivity index (χ4v) is 4.12. The zero-order valence-corrected chi connectivity index (χ0v) is 20.8. The molecule has 34 heavy (non-hydrogen) atoms. The van der Waals surface area contributed by atoms with Gasteiger partial charge in [0.15, 0.2) is 0 Å². The molecule has 0 spiro atoms. The Bertz CT molecular complexity index is 969. The molecule has 0 unspecified atom stereocenters. The van der Waals surface area contributed by atoms with E-state index < -0.39 is 0 Å². The summed E-state index contributed by atoms with van der Waals surface area (Å²) in [5.41, 5.74) is 2.18. The van der Waals surface area contributed by atoms with Crippen LogP contribution in [0.5, 0.6) is 5.75 Å². The third-order valence-corrected chi connectivity index (χ3v) is 6.31. The van der Waals surface area contributed by atoms with Crippen molar-refractivity contribution >= 4 is 17.5 Å². The molecule has 3 rings (SSSR count). The zero-order valence-electron chi connectivity index (χ0n) is 20.8. The summed E-state index contributed by atoms with van der Waals surface area (Å²) in [5, 5.41) is 2.83. The number of hydrogen-bond acceptors (Lipinski definition) is 6. The summed E-state index contributed by atoms with van der Waals surface area (Å²) >= 11 is 0. The molecule has 1 aliphatic rings. The van der Waals surface area contributed by atoms with E-state index in [1.54, 1.807) is 56.6 Å². The van der Waals surface area contributed by atoms with Crippen molar-refractivity contribution in [2.45, 2.75) is 45.9 Å². The Hall–Kier alpha value is -2.97. The number of amides is 2. The highest BCUT2D eigenvalue weighted by molar-refractivity contribution is 5.99. The van der Waals surface area contributed by atoms with Gasteiger partial charge >= 0.3 is 0 Å². The Labute approximate surface area is 202 Å². The van der Waals surface area contributed by atoms with Gasteiger partial charge in [-0.05, 0) is 48.7 Å². The first-order valence-electron chi connectivity index (χ1n) is 11.8. The van der Waals surface area contributed by atoms with E-state index in [0.29, 0.717) is 36.6 Å². The lowest BCUT2D eigenvalue weighted by Crippen LogP contribution is -2.46. The van der Waals surface area contributed by atoms with Crippen LogP contribution in [0, 0.1) is 5.92 Å². The molecule has 184 valence electrons. The summed E-state index contributed by atoms with van der Waals surface area (Å²) in [6.07, 6.45) is 3.84. The highest BCUT2D eigenvalue weighted by Gasteiger charge is 2.28. The molecule has 0 saturated heterocycles. The number of aromatic nitrogens is 1. The number of methoxy groups -OCH3 is 1. The molecule has 0 bridgehead atoms. The van der Waals surface area contributed by atoms with Crippen molar-refractivity contribution in [3.05, 3.63) is 53.9 Å². The zero-order chi connectivity index (χ0) is 24.7. The number of carbonyl (C=O) groups is 2. The second kappa shape index (κ2) is 11.9. The molecule has 0 aliphatic carbocycles. The van der Waals surface area contributed by atoms with Crippen LogP contribution in [0.25, 0.3) is 0 Å². The highest BCUT2D eigenvalue weighted by Crippen LogP contribution is 2.27. The Morgan fingerprint density at radius 2 is 1.94 bits per heavy atom. The van der Waals surface area contributed by atoms with Gasteiger partial charge < -0.3 is 19.7 Å². The van der Waals surface area contributed by atoms with Crippen molar-refractivity contribution in [1.82, 2.24) is 14.8 Å².